The highest BCUT2D eigenvalue weighted by Crippen LogP contribution is 2.37. The summed E-state index contributed by atoms with van der Waals surface area (Å²) in [7, 11) is 4.46. The van der Waals surface area contributed by atoms with Crippen LogP contribution >= 0.6 is 0 Å². The van der Waals surface area contributed by atoms with Crippen LogP contribution in [0.25, 0.3) is 0 Å². The Hall–Kier alpha value is -4.15. The van der Waals surface area contributed by atoms with Gasteiger partial charge in [0.2, 0.25) is 5.75 Å². The third kappa shape index (κ3) is 6.42. The second-order valence-electron chi connectivity index (χ2n) is 7.20. The van der Waals surface area contributed by atoms with E-state index in [0.29, 0.717) is 22.8 Å². The van der Waals surface area contributed by atoms with Gasteiger partial charge < -0.3 is 19.5 Å². The van der Waals surface area contributed by atoms with Crippen molar-refractivity contribution in [1.29, 1.82) is 0 Å². The number of ether oxygens (including phenoxy) is 3. The Bertz CT molecular complexity index is 1030. The molecule has 11 nitrogen and oxygen atoms in total. The van der Waals surface area contributed by atoms with E-state index in [1.54, 1.807) is 26.0 Å². The molecule has 0 spiro atoms. The number of nitro groups is 1. The van der Waals surface area contributed by atoms with Crippen LogP contribution in [0.2, 0.25) is 0 Å². The number of non-ortho nitro benzene ring substituents is 1. The zero-order valence-corrected chi connectivity index (χ0v) is 18.9. The fraction of sp³-hybridized carbons (Fsp3) is 0.318. The highest BCUT2D eigenvalue weighted by Gasteiger charge is 2.25. The third-order valence-electron chi connectivity index (χ3n) is 4.63. The van der Waals surface area contributed by atoms with E-state index in [0.717, 1.165) is 6.07 Å². The molecule has 11 heteroatoms. The monoisotopic (exact) mass is 458 g/mol. The summed E-state index contributed by atoms with van der Waals surface area (Å²) in [6, 6.07) is 7.64. The SMILES string of the molecule is COc1cc(/C=N\NC(=O)[C@@H](NC(=O)c2cccc([N+](=O)[O-])c2)C(C)C)cc(OC)c1OC. The zero-order chi connectivity index (χ0) is 24.5. The lowest BCUT2D eigenvalue weighted by atomic mass is 10.0. The van der Waals surface area contributed by atoms with Crippen LogP contribution in [0.4, 0.5) is 5.69 Å². The fourth-order valence-electron chi connectivity index (χ4n) is 2.94. The fourth-order valence-corrected chi connectivity index (χ4v) is 2.94. The Balaban J connectivity index is 2.13. The van der Waals surface area contributed by atoms with Crippen LogP contribution in [0.15, 0.2) is 41.5 Å². The second-order valence-corrected chi connectivity index (χ2v) is 7.20. The topological polar surface area (TPSA) is 141 Å². The number of amides is 2. The summed E-state index contributed by atoms with van der Waals surface area (Å²) in [4.78, 5) is 35.5. The Labute approximate surface area is 190 Å². The first-order chi connectivity index (χ1) is 15.7. The molecule has 0 aliphatic rings. The van der Waals surface area contributed by atoms with Gasteiger partial charge in [-0.3, -0.25) is 19.7 Å². The Kier molecular flexibility index (Phi) is 8.72. The van der Waals surface area contributed by atoms with Gasteiger partial charge in [0.1, 0.15) is 6.04 Å². The molecule has 0 aliphatic heterocycles. The molecule has 0 heterocycles. The first-order valence-electron chi connectivity index (χ1n) is 9.90. The average molecular weight is 458 g/mol. The molecule has 2 rings (SSSR count). The summed E-state index contributed by atoms with van der Waals surface area (Å²) < 4.78 is 15.8. The number of nitro benzene ring substituents is 1. The van der Waals surface area contributed by atoms with Crippen molar-refractivity contribution < 1.29 is 28.7 Å². The van der Waals surface area contributed by atoms with Gasteiger partial charge in [0.15, 0.2) is 11.5 Å². The van der Waals surface area contributed by atoms with Gasteiger partial charge in [0.25, 0.3) is 17.5 Å². The molecule has 0 radical (unpaired) electrons. The third-order valence-corrected chi connectivity index (χ3v) is 4.63. The minimum absolute atomic E-state index is 0.0728. The minimum Gasteiger partial charge on any atom is -0.493 e. The summed E-state index contributed by atoms with van der Waals surface area (Å²) in [6.45, 7) is 3.50. The molecule has 2 N–H and O–H groups in total. The van der Waals surface area contributed by atoms with Crippen LogP contribution in [0.1, 0.15) is 29.8 Å². The number of nitrogens with zero attached hydrogens (tertiary/aromatic N) is 2. The highest BCUT2D eigenvalue weighted by atomic mass is 16.6. The Morgan fingerprint density at radius 1 is 1.06 bits per heavy atom. The zero-order valence-electron chi connectivity index (χ0n) is 18.9. The number of carbonyl (C=O) groups is 2. The van der Waals surface area contributed by atoms with E-state index < -0.39 is 22.8 Å². The molecule has 2 aromatic carbocycles. The van der Waals surface area contributed by atoms with Crippen molar-refractivity contribution in [3.05, 3.63) is 57.6 Å². The molecule has 0 saturated carbocycles. The molecule has 0 fully saturated rings. The van der Waals surface area contributed by atoms with E-state index in [1.807, 2.05) is 0 Å². The van der Waals surface area contributed by atoms with Crippen molar-refractivity contribution >= 4 is 23.7 Å². The molecule has 0 saturated heterocycles. The Morgan fingerprint density at radius 3 is 2.21 bits per heavy atom. The number of methoxy groups -OCH3 is 3. The van der Waals surface area contributed by atoms with Crippen molar-refractivity contribution in [3.8, 4) is 17.2 Å². The molecule has 0 bridgehead atoms. The molecule has 176 valence electrons. The highest BCUT2D eigenvalue weighted by molar-refractivity contribution is 5.98. The maximum absolute atomic E-state index is 12.6. The number of hydrogen-bond donors (Lipinski definition) is 2. The van der Waals surface area contributed by atoms with Crippen LogP contribution in [-0.4, -0.2) is 50.3 Å². The molecule has 0 unspecified atom stereocenters. The quantitative estimate of drug-likeness (QED) is 0.316. The molecule has 2 aromatic rings. The summed E-state index contributed by atoms with van der Waals surface area (Å²) in [5.41, 5.74) is 2.83. The molecule has 33 heavy (non-hydrogen) atoms. The van der Waals surface area contributed by atoms with Crippen LogP contribution in [0, 0.1) is 16.0 Å². The standard InChI is InChI=1S/C22H26N4O7/c1-13(2)19(24-21(27)15-7-6-8-16(11-15)26(29)30)22(28)25-23-12-14-9-17(31-3)20(33-5)18(10-14)32-4/h6-13,19H,1-5H3,(H,24,27)(H,25,28)/b23-12-/t19-/m0/s1. The van der Waals surface area contributed by atoms with Gasteiger partial charge in [-0.1, -0.05) is 19.9 Å². The average Bonchev–Trinajstić information content (AvgIpc) is 2.81. The first kappa shape index (κ1) is 25.1. The molecule has 0 aromatic heterocycles. The van der Waals surface area contributed by atoms with Gasteiger partial charge in [-0.2, -0.15) is 5.10 Å². The van der Waals surface area contributed by atoms with E-state index in [4.69, 9.17) is 14.2 Å². The molecule has 1 atom stereocenters. The lowest BCUT2D eigenvalue weighted by molar-refractivity contribution is -0.384. The lowest BCUT2D eigenvalue weighted by Gasteiger charge is -2.20. The number of rotatable bonds is 10. The molecular formula is C22H26N4O7. The van der Waals surface area contributed by atoms with Crippen molar-refractivity contribution in [3.63, 3.8) is 0 Å². The number of hydrogen-bond acceptors (Lipinski definition) is 8. The van der Waals surface area contributed by atoms with Crippen molar-refractivity contribution in [2.24, 2.45) is 11.0 Å². The van der Waals surface area contributed by atoms with Gasteiger partial charge in [0.05, 0.1) is 32.5 Å². The van der Waals surface area contributed by atoms with Gasteiger partial charge in [-0.25, -0.2) is 5.43 Å². The predicted octanol–water partition coefficient (Wildman–Crippen LogP) is 2.53. The van der Waals surface area contributed by atoms with Crippen LogP contribution < -0.4 is 25.0 Å². The van der Waals surface area contributed by atoms with Gasteiger partial charge in [-0.15, -0.1) is 0 Å². The lowest BCUT2D eigenvalue weighted by Crippen LogP contribution is -2.48. The maximum Gasteiger partial charge on any atom is 0.270 e. The largest absolute Gasteiger partial charge is 0.493 e. The van der Waals surface area contributed by atoms with Gasteiger partial charge in [-0.05, 0) is 24.1 Å². The predicted molar refractivity (Wildman–Crippen MR) is 121 cm³/mol. The maximum atomic E-state index is 12.6. The van der Waals surface area contributed by atoms with E-state index in [1.165, 1.54) is 45.7 Å². The van der Waals surface area contributed by atoms with Gasteiger partial charge >= 0.3 is 0 Å². The molecule has 0 aliphatic carbocycles. The summed E-state index contributed by atoms with van der Waals surface area (Å²) in [5, 5.41) is 17.5. The summed E-state index contributed by atoms with van der Waals surface area (Å²) in [6.07, 6.45) is 1.39. The van der Waals surface area contributed by atoms with Crippen LogP contribution in [0.5, 0.6) is 17.2 Å². The number of hydrazone groups is 1. The van der Waals surface area contributed by atoms with E-state index >= 15 is 0 Å². The van der Waals surface area contributed by atoms with Crippen molar-refractivity contribution in [1.82, 2.24) is 10.7 Å². The smallest absolute Gasteiger partial charge is 0.270 e. The minimum atomic E-state index is -0.922. The van der Waals surface area contributed by atoms with E-state index in [9.17, 15) is 19.7 Å². The van der Waals surface area contributed by atoms with Gasteiger partial charge in [0, 0.05) is 23.3 Å². The molecular weight excluding hydrogens is 432 g/mol. The van der Waals surface area contributed by atoms with E-state index in [-0.39, 0.29) is 17.2 Å². The van der Waals surface area contributed by atoms with Crippen molar-refractivity contribution in [2.45, 2.75) is 19.9 Å². The number of benzene rings is 2. The second kappa shape index (κ2) is 11.5. The first-order valence-corrected chi connectivity index (χ1v) is 9.90. The van der Waals surface area contributed by atoms with E-state index in [2.05, 4.69) is 15.8 Å². The Morgan fingerprint density at radius 2 is 1.70 bits per heavy atom. The number of carbonyl (C=O) groups excluding carboxylic acids is 2. The van der Waals surface area contributed by atoms with Crippen LogP contribution in [-0.2, 0) is 4.79 Å². The normalized spacial score (nSPS) is 11.7. The van der Waals surface area contributed by atoms with Crippen molar-refractivity contribution in [2.75, 3.05) is 21.3 Å². The number of nitrogens with one attached hydrogen (secondary N) is 2. The summed E-state index contributed by atoms with van der Waals surface area (Å²) in [5.74, 6) is -0.162. The summed E-state index contributed by atoms with van der Waals surface area (Å²) >= 11 is 0. The van der Waals surface area contributed by atoms with Crippen LogP contribution in [0.3, 0.4) is 0 Å². The molecule has 2 amide bonds.